The number of hydrogen-bond donors (Lipinski definition) is 0. The summed E-state index contributed by atoms with van der Waals surface area (Å²) in [4.78, 5) is 5.18. The molecule has 1 saturated heterocycles. The molecule has 1 aromatic rings. The maximum absolute atomic E-state index is 6.47. The van der Waals surface area contributed by atoms with Crippen LogP contribution >= 0.6 is 0 Å². The van der Waals surface area contributed by atoms with Crippen LogP contribution in [0.2, 0.25) is 0 Å². The van der Waals surface area contributed by atoms with Crippen LogP contribution in [0.1, 0.15) is 64.5 Å². The first-order valence-corrected chi connectivity index (χ1v) is 9.96. The minimum absolute atomic E-state index is 0.381. The van der Waals surface area contributed by atoms with Crippen molar-refractivity contribution in [1.82, 2.24) is 9.80 Å². The fourth-order valence-electron chi connectivity index (χ4n) is 4.19. The molecule has 0 bridgehead atoms. The van der Waals surface area contributed by atoms with E-state index in [0.717, 1.165) is 24.9 Å². The molecule has 0 radical (unpaired) electrons. The molecule has 1 aliphatic heterocycles. The number of piperidine rings is 1. The minimum atomic E-state index is 0.381. The van der Waals surface area contributed by atoms with Crippen LogP contribution < -0.4 is 4.74 Å². The Morgan fingerprint density at radius 3 is 2.33 bits per heavy atom. The summed E-state index contributed by atoms with van der Waals surface area (Å²) in [5.74, 6) is 1.10. The lowest BCUT2D eigenvalue weighted by Crippen LogP contribution is -2.46. The summed E-state index contributed by atoms with van der Waals surface area (Å²) in [6, 6.07) is 9.93. The van der Waals surface area contributed by atoms with E-state index >= 15 is 0 Å². The largest absolute Gasteiger partial charge is 0.490 e. The summed E-state index contributed by atoms with van der Waals surface area (Å²) in [5, 5.41) is 0. The van der Waals surface area contributed by atoms with E-state index in [2.05, 4.69) is 54.8 Å². The van der Waals surface area contributed by atoms with Gasteiger partial charge < -0.3 is 9.64 Å². The van der Waals surface area contributed by atoms with Crippen LogP contribution in [-0.4, -0.2) is 48.1 Å². The lowest BCUT2D eigenvalue weighted by Gasteiger charge is -2.41. The third-order valence-corrected chi connectivity index (χ3v) is 6.09. The Bertz CT molecular complexity index is 502. The van der Waals surface area contributed by atoms with E-state index in [1.54, 1.807) is 0 Å². The summed E-state index contributed by atoms with van der Waals surface area (Å²) in [5.41, 5.74) is 1.34. The molecule has 0 aromatic heterocycles. The number of para-hydroxylation sites is 1. The Morgan fingerprint density at radius 1 is 1.08 bits per heavy atom. The molecule has 0 spiro atoms. The van der Waals surface area contributed by atoms with Gasteiger partial charge in [0.15, 0.2) is 0 Å². The zero-order valence-electron chi connectivity index (χ0n) is 15.7. The summed E-state index contributed by atoms with van der Waals surface area (Å²) in [6.45, 7) is 11.3. The van der Waals surface area contributed by atoms with Gasteiger partial charge in [-0.25, -0.2) is 0 Å². The maximum atomic E-state index is 6.47. The van der Waals surface area contributed by atoms with Crippen molar-refractivity contribution < 1.29 is 4.74 Å². The fraction of sp³-hybridized carbons (Fsp3) is 0.714. The van der Waals surface area contributed by atoms with Crippen molar-refractivity contribution in [2.75, 3.05) is 26.2 Å². The van der Waals surface area contributed by atoms with Gasteiger partial charge in [-0.2, -0.15) is 0 Å². The highest BCUT2D eigenvalue weighted by molar-refractivity contribution is 5.36. The summed E-state index contributed by atoms with van der Waals surface area (Å²) >= 11 is 0. The smallest absolute Gasteiger partial charge is 0.124 e. The quantitative estimate of drug-likeness (QED) is 0.733. The van der Waals surface area contributed by atoms with Crippen molar-refractivity contribution in [3.05, 3.63) is 29.8 Å². The van der Waals surface area contributed by atoms with Gasteiger partial charge >= 0.3 is 0 Å². The second-order valence-corrected chi connectivity index (χ2v) is 7.37. The predicted octanol–water partition coefficient (Wildman–Crippen LogP) is 4.49. The van der Waals surface area contributed by atoms with Crippen molar-refractivity contribution in [2.45, 2.75) is 71.1 Å². The molecule has 3 nitrogen and oxygen atoms in total. The van der Waals surface area contributed by atoms with E-state index in [0.29, 0.717) is 12.1 Å². The van der Waals surface area contributed by atoms with Crippen LogP contribution in [0.3, 0.4) is 0 Å². The van der Waals surface area contributed by atoms with Crippen LogP contribution in [0.15, 0.2) is 24.3 Å². The Kier molecular flexibility index (Phi) is 6.18. The van der Waals surface area contributed by atoms with Crippen LogP contribution in [-0.2, 0) is 0 Å². The fourth-order valence-corrected chi connectivity index (χ4v) is 4.19. The SMILES string of the molecule is CCN(CC)C(C)c1ccccc1OC1CCN(C2CCC2)CC1. The van der Waals surface area contributed by atoms with E-state index < -0.39 is 0 Å². The van der Waals surface area contributed by atoms with Crippen molar-refractivity contribution in [1.29, 1.82) is 0 Å². The second kappa shape index (κ2) is 8.35. The molecule has 1 heterocycles. The highest BCUT2D eigenvalue weighted by Gasteiger charge is 2.29. The zero-order valence-corrected chi connectivity index (χ0v) is 15.7. The summed E-state index contributed by atoms with van der Waals surface area (Å²) < 4.78 is 6.47. The number of likely N-dealkylation sites (tertiary alicyclic amines) is 1. The molecule has 134 valence electrons. The third kappa shape index (κ3) is 3.94. The van der Waals surface area contributed by atoms with Gasteiger partial charge in [0.25, 0.3) is 0 Å². The summed E-state index contributed by atoms with van der Waals surface area (Å²) in [6.07, 6.45) is 6.98. The molecule has 2 fully saturated rings. The molecule has 1 atom stereocenters. The van der Waals surface area contributed by atoms with Crippen LogP contribution in [0.25, 0.3) is 0 Å². The average Bonchev–Trinajstić information content (AvgIpc) is 2.56. The molecule has 3 heteroatoms. The van der Waals surface area contributed by atoms with Crippen molar-refractivity contribution in [3.8, 4) is 5.75 Å². The highest BCUT2D eigenvalue weighted by Crippen LogP contribution is 2.32. The van der Waals surface area contributed by atoms with Gasteiger partial charge in [0.1, 0.15) is 11.9 Å². The molecule has 0 N–H and O–H groups in total. The third-order valence-electron chi connectivity index (χ3n) is 6.09. The molecule has 3 rings (SSSR count). The van der Waals surface area contributed by atoms with Crippen molar-refractivity contribution >= 4 is 0 Å². The highest BCUT2D eigenvalue weighted by atomic mass is 16.5. The second-order valence-electron chi connectivity index (χ2n) is 7.37. The molecule has 1 aliphatic carbocycles. The van der Waals surface area contributed by atoms with E-state index in [-0.39, 0.29) is 0 Å². The van der Waals surface area contributed by atoms with Gasteiger partial charge in [-0.05, 0) is 51.8 Å². The van der Waals surface area contributed by atoms with Gasteiger partial charge in [0.2, 0.25) is 0 Å². The lowest BCUT2D eigenvalue weighted by atomic mass is 9.89. The maximum Gasteiger partial charge on any atom is 0.124 e. The van der Waals surface area contributed by atoms with E-state index in [9.17, 15) is 0 Å². The van der Waals surface area contributed by atoms with Crippen molar-refractivity contribution in [2.24, 2.45) is 0 Å². The Morgan fingerprint density at radius 2 is 1.75 bits per heavy atom. The number of benzene rings is 1. The van der Waals surface area contributed by atoms with Crippen LogP contribution in [0.4, 0.5) is 0 Å². The van der Waals surface area contributed by atoms with Crippen LogP contribution in [0, 0.1) is 0 Å². The van der Waals surface area contributed by atoms with Crippen molar-refractivity contribution in [3.63, 3.8) is 0 Å². The van der Waals surface area contributed by atoms with E-state index in [1.165, 1.54) is 50.8 Å². The van der Waals surface area contributed by atoms with Gasteiger partial charge in [0, 0.05) is 30.7 Å². The first-order chi connectivity index (χ1) is 11.7. The first kappa shape index (κ1) is 17.8. The lowest BCUT2D eigenvalue weighted by molar-refractivity contribution is 0.0483. The zero-order chi connectivity index (χ0) is 16.9. The van der Waals surface area contributed by atoms with E-state index in [4.69, 9.17) is 4.74 Å². The van der Waals surface area contributed by atoms with Crippen LogP contribution in [0.5, 0.6) is 5.75 Å². The average molecular weight is 331 g/mol. The monoisotopic (exact) mass is 330 g/mol. The molecule has 24 heavy (non-hydrogen) atoms. The number of ether oxygens (including phenoxy) is 1. The van der Waals surface area contributed by atoms with E-state index in [1.807, 2.05) is 0 Å². The Hall–Kier alpha value is -1.06. The molecular weight excluding hydrogens is 296 g/mol. The Balaban J connectivity index is 1.61. The number of rotatable bonds is 7. The van der Waals surface area contributed by atoms with Gasteiger partial charge in [0.05, 0.1) is 0 Å². The molecule has 1 unspecified atom stereocenters. The summed E-state index contributed by atoms with van der Waals surface area (Å²) in [7, 11) is 0. The predicted molar refractivity (Wildman–Crippen MR) is 101 cm³/mol. The normalized spacial score (nSPS) is 21.7. The topological polar surface area (TPSA) is 15.7 Å². The number of hydrogen-bond acceptors (Lipinski definition) is 3. The molecule has 1 aromatic carbocycles. The standard InChI is InChI=1S/C21H34N2O/c1-4-22(5-2)17(3)20-11-6-7-12-21(20)24-19-13-15-23(16-14-19)18-9-8-10-18/h6-7,11-12,17-19H,4-5,8-10,13-16H2,1-3H3. The van der Waals surface area contributed by atoms with Gasteiger partial charge in [-0.3, -0.25) is 4.90 Å². The molecular formula is C21H34N2O. The molecule has 2 aliphatic rings. The minimum Gasteiger partial charge on any atom is -0.490 e. The van der Waals surface area contributed by atoms with Gasteiger partial charge in [-0.1, -0.05) is 38.5 Å². The number of nitrogens with zero attached hydrogens (tertiary/aromatic N) is 2. The Labute approximate surface area is 148 Å². The molecule has 0 amide bonds. The molecule has 1 saturated carbocycles. The van der Waals surface area contributed by atoms with Gasteiger partial charge in [-0.15, -0.1) is 0 Å². The first-order valence-electron chi connectivity index (χ1n) is 9.96.